The van der Waals surface area contributed by atoms with Crippen LogP contribution < -0.4 is 4.72 Å². The highest BCUT2D eigenvalue weighted by Crippen LogP contribution is 2.18. The lowest BCUT2D eigenvalue weighted by Gasteiger charge is -2.35. The first-order valence-corrected chi connectivity index (χ1v) is 12.5. The maximum atomic E-state index is 12.8. The lowest BCUT2D eigenvalue weighted by atomic mass is 10.2. The van der Waals surface area contributed by atoms with Crippen molar-refractivity contribution in [3.63, 3.8) is 0 Å². The quantitative estimate of drug-likeness (QED) is 0.711. The Morgan fingerprint density at radius 2 is 1.43 bits per heavy atom. The van der Waals surface area contributed by atoms with E-state index in [-0.39, 0.29) is 41.9 Å². The van der Waals surface area contributed by atoms with Crippen molar-refractivity contribution in [3.8, 4) is 0 Å². The zero-order valence-electron chi connectivity index (χ0n) is 16.9. The van der Waals surface area contributed by atoms with Crippen LogP contribution in [0.2, 0.25) is 0 Å². The number of piperazine rings is 1. The number of carbonyl (C=O) groups excluding carboxylic acids is 1. The Bertz CT molecular complexity index is 1090. The van der Waals surface area contributed by atoms with E-state index in [1.807, 2.05) is 6.92 Å². The largest absolute Gasteiger partial charge is 0.339 e. The predicted molar refractivity (Wildman–Crippen MR) is 113 cm³/mol. The van der Waals surface area contributed by atoms with Gasteiger partial charge in [-0.2, -0.15) is 9.03 Å². The first kappa shape index (κ1) is 22.4. The zero-order chi connectivity index (χ0) is 21.9. The van der Waals surface area contributed by atoms with E-state index in [0.29, 0.717) is 0 Å². The van der Waals surface area contributed by atoms with Gasteiger partial charge in [-0.15, -0.1) is 0 Å². The summed E-state index contributed by atoms with van der Waals surface area (Å²) >= 11 is 0. The molecule has 1 aliphatic rings. The van der Waals surface area contributed by atoms with Crippen LogP contribution in [0.15, 0.2) is 64.4 Å². The monoisotopic (exact) mass is 451 g/mol. The number of hydrogen-bond acceptors (Lipinski definition) is 5. The fraction of sp³-hybridized carbons (Fsp3) is 0.350. The van der Waals surface area contributed by atoms with Crippen molar-refractivity contribution < 1.29 is 21.6 Å². The number of benzene rings is 2. The van der Waals surface area contributed by atoms with Gasteiger partial charge in [0.15, 0.2) is 0 Å². The Kier molecular flexibility index (Phi) is 6.61. The SMILES string of the molecule is Cc1ccc(S(=O)(=O)N2CCN(C(=O)[C@H](C)NS(=O)(=O)c3ccccc3)CC2)cc1. The summed E-state index contributed by atoms with van der Waals surface area (Å²) in [6.45, 7) is 4.06. The van der Waals surface area contributed by atoms with Gasteiger partial charge in [0.05, 0.1) is 15.8 Å². The van der Waals surface area contributed by atoms with Gasteiger partial charge in [0.2, 0.25) is 26.0 Å². The molecule has 1 N–H and O–H groups in total. The summed E-state index contributed by atoms with van der Waals surface area (Å²) in [6.07, 6.45) is 0. The van der Waals surface area contributed by atoms with Crippen LogP contribution >= 0.6 is 0 Å². The Morgan fingerprint density at radius 3 is 2.00 bits per heavy atom. The number of aryl methyl sites for hydroxylation is 1. The molecule has 1 fully saturated rings. The molecule has 0 bridgehead atoms. The van der Waals surface area contributed by atoms with E-state index in [2.05, 4.69) is 4.72 Å². The third kappa shape index (κ3) is 4.89. The van der Waals surface area contributed by atoms with E-state index >= 15 is 0 Å². The van der Waals surface area contributed by atoms with Gasteiger partial charge in [0.25, 0.3) is 0 Å². The van der Waals surface area contributed by atoms with Gasteiger partial charge in [0, 0.05) is 26.2 Å². The lowest BCUT2D eigenvalue weighted by molar-refractivity contribution is -0.133. The van der Waals surface area contributed by atoms with Gasteiger partial charge in [-0.3, -0.25) is 4.79 Å². The number of nitrogens with one attached hydrogen (secondary N) is 1. The zero-order valence-corrected chi connectivity index (χ0v) is 18.5. The number of rotatable bonds is 6. The van der Waals surface area contributed by atoms with Crippen molar-refractivity contribution in [2.45, 2.75) is 29.7 Å². The van der Waals surface area contributed by atoms with E-state index in [1.54, 1.807) is 42.5 Å². The Morgan fingerprint density at radius 1 is 0.867 bits per heavy atom. The van der Waals surface area contributed by atoms with Gasteiger partial charge >= 0.3 is 0 Å². The molecular weight excluding hydrogens is 426 g/mol. The molecule has 0 unspecified atom stereocenters. The van der Waals surface area contributed by atoms with E-state index in [4.69, 9.17) is 0 Å². The molecule has 10 heteroatoms. The third-order valence-electron chi connectivity index (χ3n) is 4.96. The first-order valence-electron chi connectivity index (χ1n) is 9.54. The standard InChI is InChI=1S/C20H25N3O5S2/c1-16-8-10-19(11-9-16)30(27,28)23-14-12-22(13-15-23)20(24)17(2)21-29(25,26)18-6-4-3-5-7-18/h3-11,17,21H,12-15H2,1-2H3/t17-/m0/s1. The van der Waals surface area contributed by atoms with Crippen molar-refractivity contribution in [3.05, 3.63) is 60.2 Å². The average molecular weight is 452 g/mol. The van der Waals surface area contributed by atoms with Crippen LogP contribution in [0, 0.1) is 6.92 Å². The molecule has 1 atom stereocenters. The predicted octanol–water partition coefficient (Wildman–Crippen LogP) is 1.19. The molecule has 0 aliphatic carbocycles. The number of nitrogens with zero attached hydrogens (tertiary/aromatic N) is 2. The molecule has 1 amide bonds. The highest BCUT2D eigenvalue weighted by Gasteiger charge is 2.32. The maximum Gasteiger partial charge on any atom is 0.243 e. The number of amides is 1. The summed E-state index contributed by atoms with van der Waals surface area (Å²) in [5, 5.41) is 0. The van der Waals surface area contributed by atoms with Crippen LogP contribution in [-0.4, -0.2) is 64.2 Å². The second kappa shape index (κ2) is 8.84. The Hall–Kier alpha value is -2.27. The molecule has 1 aliphatic heterocycles. The van der Waals surface area contributed by atoms with Crippen molar-refractivity contribution in [1.82, 2.24) is 13.9 Å². The van der Waals surface area contributed by atoms with E-state index in [9.17, 15) is 21.6 Å². The number of sulfonamides is 2. The molecule has 1 heterocycles. The Balaban J connectivity index is 1.61. The van der Waals surface area contributed by atoms with E-state index in [1.165, 1.54) is 28.3 Å². The minimum absolute atomic E-state index is 0.0821. The molecule has 8 nitrogen and oxygen atoms in total. The highest BCUT2D eigenvalue weighted by atomic mass is 32.2. The van der Waals surface area contributed by atoms with Gasteiger partial charge in [0.1, 0.15) is 0 Å². The lowest BCUT2D eigenvalue weighted by Crippen LogP contribution is -2.55. The van der Waals surface area contributed by atoms with E-state index < -0.39 is 26.1 Å². The number of carbonyl (C=O) groups is 1. The minimum Gasteiger partial charge on any atom is -0.339 e. The molecule has 3 rings (SSSR count). The van der Waals surface area contributed by atoms with Crippen LogP contribution in [0.1, 0.15) is 12.5 Å². The molecule has 162 valence electrons. The average Bonchev–Trinajstić information content (AvgIpc) is 2.74. The normalized spacial score (nSPS) is 16.9. The summed E-state index contributed by atoms with van der Waals surface area (Å²) in [6, 6.07) is 13.5. The molecule has 30 heavy (non-hydrogen) atoms. The van der Waals surface area contributed by atoms with Gasteiger partial charge in [-0.25, -0.2) is 16.8 Å². The molecule has 1 saturated heterocycles. The summed E-state index contributed by atoms with van der Waals surface area (Å²) in [5.74, 6) is -0.387. The Labute approximate surface area is 177 Å². The van der Waals surface area contributed by atoms with Crippen molar-refractivity contribution in [2.24, 2.45) is 0 Å². The fourth-order valence-electron chi connectivity index (χ4n) is 3.23. The molecule has 0 aromatic heterocycles. The summed E-state index contributed by atoms with van der Waals surface area (Å²) in [5.41, 5.74) is 0.969. The maximum absolute atomic E-state index is 12.8. The van der Waals surface area contributed by atoms with Crippen molar-refractivity contribution in [2.75, 3.05) is 26.2 Å². The highest BCUT2D eigenvalue weighted by molar-refractivity contribution is 7.89. The fourth-order valence-corrected chi connectivity index (χ4v) is 5.87. The molecule has 0 spiro atoms. The summed E-state index contributed by atoms with van der Waals surface area (Å²) < 4.78 is 54.2. The van der Waals surface area contributed by atoms with Gasteiger partial charge in [-0.1, -0.05) is 35.9 Å². The minimum atomic E-state index is -3.82. The number of hydrogen-bond donors (Lipinski definition) is 1. The summed E-state index contributed by atoms with van der Waals surface area (Å²) in [7, 11) is -7.45. The smallest absolute Gasteiger partial charge is 0.243 e. The molecule has 2 aromatic rings. The van der Waals surface area contributed by atoms with Gasteiger partial charge in [-0.05, 0) is 38.1 Å². The second-order valence-corrected chi connectivity index (χ2v) is 10.9. The van der Waals surface area contributed by atoms with Crippen LogP contribution in [0.4, 0.5) is 0 Å². The first-order chi connectivity index (χ1) is 14.1. The molecule has 0 saturated carbocycles. The van der Waals surface area contributed by atoms with Crippen LogP contribution in [-0.2, 0) is 24.8 Å². The van der Waals surface area contributed by atoms with Crippen molar-refractivity contribution >= 4 is 26.0 Å². The third-order valence-corrected chi connectivity index (χ3v) is 8.43. The van der Waals surface area contributed by atoms with Crippen LogP contribution in [0.25, 0.3) is 0 Å². The topological polar surface area (TPSA) is 104 Å². The molecule has 2 aromatic carbocycles. The molecule has 0 radical (unpaired) electrons. The van der Waals surface area contributed by atoms with Crippen molar-refractivity contribution in [1.29, 1.82) is 0 Å². The van der Waals surface area contributed by atoms with E-state index in [0.717, 1.165) is 5.56 Å². The summed E-state index contributed by atoms with van der Waals surface area (Å²) in [4.78, 5) is 14.5. The van der Waals surface area contributed by atoms with Crippen LogP contribution in [0.5, 0.6) is 0 Å². The van der Waals surface area contributed by atoms with Gasteiger partial charge < -0.3 is 4.90 Å². The second-order valence-electron chi connectivity index (χ2n) is 7.20. The molecular formula is C20H25N3O5S2. The van der Waals surface area contributed by atoms with Crippen LogP contribution in [0.3, 0.4) is 0 Å².